The molecule has 1 aromatic heterocycles. The highest BCUT2D eigenvalue weighted by Crippen LogP contribution is 2.12. The summed E-state index contributed by atoms with van der Waals surface area (Å²) < 4.78 is 5.40. The molecule has 8 heteroatoms. The molecule has 1 N–H and O–H groups in total. The third-order valence-corrected chi connectivity index (χ3v) is 5.14. The Morgan fingerprint density at radius 2 is 1.89 bits per heavy atom. The van der Waals surface area contributed by atoms with Gasteiger partial charge in [-0.1, -0.05) is 6.07 Å². The molecule has 28 heavy (non-hydrogen) atoms. The normalized spacial score (nSPS) is 18.7. The number of nitrogens with zero attached hydrogens (tertiary/aromatic N) is 5. The van der Waals surface area contributed by atoms with E-state index < -0.39 is 0 Å². The SMILES string of the molecule is CCNC(=NCCCCN1CCOCC1)N1CCN(c2ccccn2)CC1.I. The molecule has 0 bridgehead atoms. The minimum atomic E-state index is 0. The van der Waals surface area contributed by atoms with Crippen LogP contribution in [0.25, 0.3) is 0 Å². The highest BCUT2D eigenvalue weighted by molar-refractivity contribution is 14.0. The van der Waals surface area contributed by atoms with Crippen LogP contribution in [0.2, 0.25) is 0 Å². The van der Waals surface area contributed by atoms with Gasteiger partial charge in [0.1, 0.15) is 5.82 Å². The Balaban J connectivity index is 0.00000280. The van der Waals surface area contributed by atoms with Crippen molar-refractivity contribution < 1.29 is 4.74 Å². The topological polar surface area (TPSA) is 56.2 Å². The summed E-state index contributed by atoms with van der Waals surface area (Å²) in [5.41, 5.74) is 0. The quantitative estimate of drug-likeness (QED) is 0.266. The van der Waals surface area contributed by atoms with E-state index in [-0.39, 0.29) is 24.0 Å². The molecule has 158 valence electrons. The number of guanidine groups is 1. The van der Waals surface area contributed by atoms with E-state index in [9.17, 15) is 0 Å². The van der Waals surface area contributed by atoms with Gasteiger partial charge in [0.25, 0.3) is 0 Å². The second kappa shape index (κ2) is 13.2. The summed E-state index contributed by atoms with van der Waals surface area (Å²) in [5.74, 6) is 2.13. The molecule has 0 spiro atoms. The van der Waals surface area contributed by atoms with Crippen molar-refractivity contribution in [3.63, 3.8) is 0 Å². The van der Waals surface area contributed by atoms with Gasteiger partial charge in [-0.2, -0.15) is 0 Å². The molecule has 0 radical (unpaired) electrons. The highest BCUT2D eigenvalue weighted by Gasteiger charge is 2.20. The zero-order valence-electron chi connectivity index (χ0n) is 17.1. The van der Waals surface area contributed by atoms with Crippen molar-refractivity contribution in [2.75, 3.05) is 77.0 Å². The van der Waals surface area contributed by atoms with Crippen molar-refractivity contribution in [2.45, 2.75) is 19.8 Å². The van der Waals surface area contributed by atoms with E-state index in [1.165, 1.54) is 6.42 Å². The molecule has 2 saturated heterocycles. The van der Waals surface area contributed by atoms with Crippen LogP contribution in [0.3, 0.4) is 0 Å². The molecule has 0 aromatic carbocycles. The minimum Gasteiger partial charge on any atom is -0.379 e. The summed E-state index contributed by atoms with van der Waals surface area (Å²) in [6.07, 6.45) is 4.21. The predicted octanol–water partition coefficient (Wildman–Crippen LogP) is 1.90. The Morgan fingerprint density at radius 1 is 1.11 bits per heavy atom. The summed E-state index contributed by atoms with van der Waals surface area (Å²) in [6.45, 7) is 13.0. The fraction of sp³-hybridized carbons (Fsp3) is 0.700. The second-order valence-corrected chi connectivity index (χ2v) is 7.06. The van der Waals surface area contributed by atoms with Gasteiger partial charge in [0.15, 0.2) is 5.96 Å². The van der Waals surface area contributed by atoms with Crippen molar-refractivity contribution in [3.05, 3.63) is 24.4 Å². The van der Waals surface area contributed by atoms with Gasteiger partial charge in [-0.25, -0.2) is 4.98 Å². The molecular formula is C20H35IN6O. The van der Waals surface area contributed by atoms with Crippen LogP contribution in [0.1, 0.15) is 19.8 Å². The van der Waals surface area contributed by atoms with E-state index in [1.807, 2.05) is 12.3 Å². The van der Waals surface area contributed by atoms with E-state index in [1.54, 1.807) is 0 Å². The van der Waals surface area contributed by atoms with Crippen LogP contribution >= 0.6 is 24.0 Å². The van der Waals surface area contributed by atoms with Crippen molar-refractivity contribution in [2.24, 2.45) is 4.99 Å². The van der Waals surface area contributed by atoms with Crippen molar-refractivity contribution in [1.82, 2.24) is 20.1 Å². The monoisotopic (exact) mass is 502 g/mol. The van der Waals surface area contributed by atoms with E-state index in [4.69, 9.17) is 9.73 Å². The third-order valence-electron chi connectivity index (χ3n) is 5.14. The minimum absolute atomic E-state index is 0. The van der Waals surface area contributed by atoms with E-state index in [0.717, 1.165) is 90.3 Å². The molecule has 0 unspecified atom stereocenters. The lowest BCUT2D eigenvalue weighted by Crippen LogP contribution is -2.52. The molecule has 2 aliphatic rings. The molecule has 2 fully saturated rings. The molecule has 0 amide bonds. The lowest BCUT2D eigenvalue weighted by molar-refractivity contribution is 0.0373. The van der Waals surface area contributed by atoms with Crippen LogP contribution in [0.4, 0.5) is 5.82 Å². The highest BCUT2D eigenvalue weighted by atomic mass is 127. The number of morpholine rings is 1. The largest absolute Gasteiger partial charge is 0.379 e. The van der Waals surface area contributed by atoms with Crippen LogP contribution in [0, 0.1) is 0 Å². The maximum Gasteiger partial charge on any atom is 0.194 e. The molecule has 0 saturated carbocycles. The average molecular weight is 502 g/mol. The zero-order chi connectivity index (χ0) is 18.7. The zero-order valence-corrected chi connectivity index (χ0v) is 19.4. The lowest BCUT2D eigenvalue weighted by Gasteiger charge is -2.37. The third kappa shape index (κ3) is 7.36. The standard InChI is InChI=1S/C20H34N6O.HI/c1-2-21-20(23-9-5-6-10-24-15-17-27-18-16-24)26-13-11-25(12-14-26)19-7-3-4-8-22-19;/h3-4,7-8H,2,5-6,9-18H2,1H3,(H,21,23);1H. The summed E-state index contributed by atoms with van der Waals surface area (Å²) in [7, 11) is 0. The Morgan fingerprint density at radius 3 is 2.57 bits per heavy atom. The second-order valence-electron chi connectivity index (χ2n) is 7.06. The summed E-state index contributed by atoms with van der Waals surface area (Å²) in [6, 6.07) is 6.11. The number of nitrogens with one attached hydrogen (secondary N) is 1. The van der Waals surface area contributed by atoms with Crippen LogP contribution in [-0.4, -0.2) is 92.9 Å². The molecule has 3 heterocycles. The lowest BCUT2D eigenvalue weighted by atomic mass is 10.3. The molecule has 7 nitrogen and oxygen atoms in total. The van der Waals surface area contributed by atoms with Gasteiger partial charge in [0.05, 0.1) is 13.2 Å². The summed E-state index contributed by atoms with van der Waals surface area (Å²) in [5, 5.41) is 3.46. The summed E-state index contributed by atoms with van der Waals surface area (Å²) in [4.78, 5) is 16.6. The predicted molar refractivity (Wildman–Crippen MR) is 126 cm³/mol. The Kier molecular flexibility index (Phi) is 10.9. The van der Waals surface area contributed by atoms with Gasteiger partial charge >= 0.3 is 0 Å². The van der Waals surface area contributed by atoms with Gasteiger partial charge in [-0.15, -0.1) is 24.0 Å². The van der Waals surface area contributed by atoms with Crippen LogP contribution in [-0.2, 0) is 4.74 Å². The van der Waals surface area contributed by atoms with Crippen LogP contribution in [0.5, 0.6) is 0 Å². The number of pyridine rings is 1. The number of hydrogen-bond donors (Lipinski definition) is 1. The molecule has 0 atom stereocenters. The van der Waals surface area contributed by atoms with Crippen LogP contribution in [0.15, 0.2) is 29.4 Å². The summed E-state index contributed by atoms with van der Waals surface area (Å²) >= 11 is 0. The average Bonchev–Trinajstić information content (AvgIpc) is 2.74. The number of halogens is 1. The molecule has 3 rings (SSSR count). The van der Waals surface area contributed by atoms with Crippen molar-refractivity contribution in [3.8, 4) is 0 Å². The molecule has 1 aromatic rings. The van der Waals surface area contributed by atoms with Gasteiger partial charge in [-0.3, -0.25) is 9.89 Å². The number of hydrogen-bond acceptors (Lipinski definition) is 5. The number of anilines is 1. The maximum atomic E-state index is 5.40. The Bertz CT molecular complexity index is 559. The first-order chi connectivity index (χ1) is 13.4. The molecule has 0 aliphatic carbocycles. The number of ether oxygens (including phenoxy) is 1. The number of aliphatic imine (C=N–C) groups is 1. The van der Waals surface area contributed by atoms with Crippen molar-refractivity contribution in [1.29, 1.82) is 0 Å². The number of piperazine rings is 1. The van der Waals surface area contributed by atoms with Gasteiger partial charge < -0.3 is 19.9 Å². The van der Waals surface area contributed by atoms with Crippen molar-refractivity contribution >= 4 is 35.8 Å². The van der Waals surface area contributed by atoms with E-state index in [0.29, 0.717) is 0 Å². The Hall–Kier alpha value is -1.13. The first-order valence-corrected chi connectivity index (χ1v) is 10.4. The number of rotatable bonds is 7. The smallest absolute Gasteiger partial charge is 0.194 e. The van der Waals surface area contributed by atoms with E-state index >= 15 is 0 Å². The molecule has 2 aliphatic heterocycles. The first-order valence-electron chi connectivity index (χ1n) is 10.4. The molecular weight excluding hydrogens is 467 g/mol. The van der Waals surface area contributed by atoms with Gasteiger partial charge in [0.2, 0.25) is 0 Å². The number of unbranched alkanes of at least 4 members (excludes halogenated alkanes) is 1. The fourth-order valence-corrected chi connectivity index (χ4v) is 3.57. The fourth-order valence-electron chi connectivity index (χ4n) is 3.57. The van der Waals surface area contributed by atoms with Crippen LogP contribution < -0.4 is 10.2 Å². The number of aromatic nitrogens is 1. The first kappa shape index (κ1) is 23.2. The maximum absolute atomic E-state index is 5.40. The van der Waals surface area contributed by atoms with Gasteiger partial charge in [0, 0.05) is 58.6 Å². The van der Waals surface area contributed by atoms with E-state index in [2.05, 4.69) is 44.1 Å². The van der Waals surface area contributed by atoms with Gasteiger partial charge in [-0.05, 0) is 38.4 Å². The Labute approximate surface area is 186 Å².